The summed E-state index contributed by atoms with van der Waals surface area (Å²) in [6.07, 6.45) is 0.232. The molecule has 0 bridgehead atoms. The summed E-state index contributed by atoms with van der Waals surface area (Å²) in [5.41, 5.74) is -0.180. The molecule has 1 aliphatic carbocycles. The Balaban J connectivity index is 3.02. The summed E-state index contributed by atoms with van der Waals surface area (Å²) in [5, 5.41) is 10.4. The SMILES string of the molecule is CC(=O)[C@H]1[C@H](CO[Si](C(C)C)(C(C)C)C(C)C)CC(=O)[C@]1(C)O. The lowest BCUT2D eigenvalue weighted by Gasteiger charge is -2.43. The first kappa shape index (κ1) is 20.5. The first-order valence-corrected chi connectivity index (χ1v) is 10.9. The molecular formula is C18H34O4Si. The van der Waals surface area contributed by atoms with Gasteiger partial charge in [0.05, 0.1) is 5.92 Å². The van der Waals surface area contributed by atoms with Crippen molar-refractivity contribution in [2.45, 2.75) is 84.0 Å². The summed E-state index contributed by atoms with van der Waals surface area (Å²) >= 11 is 0. The first-order chi connectivity index (χ1) is 10.4. The molecule has 5 heteroatoms. The highest BCUT2D eigenvalue weighted by atomic mass is 28.4. The van der Waals surface area contributed by atoms with Crippen LogP contribution in [-0.4, -0.2) is 37.2 Å². The van der Waals surface area contributed by atoms with Crippen molar-refractivity contribution in [1.29, 1.82) is 0 Å². The Bertz CT molecular complexity index is 432. The van der Waals surface area contributed by atoms with Crippen molar-refractivity contribution in [3.8, 4) is 0 Å². The quantitative estimate of drug-likeness (QED) is 0.716. The van der Waals surface area contributed by atoms with E-state index in [1.54, 1.807) is 0 Å². The molecule has 0 aromatic carbocycles. The Hall–Kier alpha value is -0.523. The minimum absolute atomic E-state index is 0.125. The van der Waals surface area contributed by atoms with Crippen molar-refractivity contribution in [3.63, 3.8) is 0 Å². The summed E-state index contributed by atoms with van der Waals surface area (Å²) in [6, 6.07) is 0. The Kier molecular flexibility index (Phi) is 6.38. The van der Waals surface area contributed by atoms with Gasteiger partial charge in [0.25, 0.3) is 0 Å². The summed E-state index contributed by atoms with van der Waals surface area (Å²) < 4.78 is 6.54. The maximum Gasteiger partial charge on any atom is 0.200 e. The minimum Gasteiger partial charge on any atom is -0.416 e. The van der Waals surface area contributed by atoms with Gasteiger partial charge in [0, 0.05) is 18.9 Å². The second kappa shape index (κ2) is 7.15. The smallest absolute Gasteiger partial charge is 0.200 e. The standard InChI is InChI=1S/C18H34O4Si/c1-11(2)23(12(3)4,13(5)6)22-10-15-9-16(20)18(8,21)17(15)14(7)19/h11-13,15,17,21H,9-10H2,1-8H3/t15-,17-,18-/m0/s1. The summed E-state index contributed by atoms with van der Waals surface area (Å²) in [5.74, 6) is -1.22. The monoisotopic (exact) mass is 342 g/mol. The fraction of sp³-hybridized carbons (Fsp3) is 0.889. The van der Waals surface area contributed by atoms with E-state index in [2.05, 4.69) is 41.5 Å². The number of aliphatic hydroxyl groups is 1. The van der Waals surface area contributed by atoms with Crippen LogP contribution in [0.3, 0.4) is 0 Å². The zero-order valence-electron chi connectivity index (χ0n) is 16.0. The Labute approximate surface area is 142 Å². The second-order valence-corrected chi connectivity index (χ2v) is 13.7. The first-order valence-electron chi connectivity index (χ1n) is 8.79. The summed E-state index contributed by atoms with van der Waals surface area (Å²) in [6.45, 7) is 16.6. The van der Waals surface area contributed by atoms with Crippen LogP contribution in [-0.2, 0) is 14.0 Å². The van der Waals surface area contributed by atoms with E-state index < -0.39 is 19.8 Å². The molecule has 134 valence electrons. The zero-order valence-corrected chi connectivity index (χ0v) is 17.0. The average Bonchev–Trinajstić information content (AvgIpc) is 2.58. The molecule has 0 radical (unpaired) electrons. The van der Waals surface area contributed by atoms with Crippen molar-refractivity contribution in [2.24, 2.45) is 11.8 Å². The number of Topliss-reactive ketones (excluding diaryl/α,β-unsaturated/α-hetero) is 2. The molecule has 0 aliphatic heterocycles. The minimum atomic E-state index is -2.03. The largest absolute Gasteiger partial charge is 0.416 e. The van der Waals surface area contributed by atoms with Crippen LogP contribution in [0, 0.1) is 11.8 Å². The van der Waals surface area contributed by atoms with Gasteiger partial charge >= 0.3 is 0 Å². The molecule has 0 amide bonds. The van der Waals surface area contributed by atoms with Gasteiger partial charge in [0.15, 0.2) is 14.1 Å². The Morgan fingerprint density at radius 3 is 2.00 bits per heavy atom. The van der Waals surface area contributed by atoms with E-state index in [1.165, 1.54) is 13.8 Å². The maximum absolute atomic E-state index is 12.1. The molecule has 23 heavy (non-hydrogen) atoms. The van der Waals surface area contributed by atoms with E-state index in [9.17, 15) is 14.7 Å². The number of hydrogen-bond donors (Lipinski definition) is 1. The van der Waals surface area contributed by atoms with Crippen LogP contribution in [0.4, 0.5) is 0 Å². The van der Waals surface area contributed by atoms with Gasteiger partial charge in [-0.1, -0.05) is 41.5 Å². The average molecular weight is 343 g/mol. The van der Waals surface area contributed by atoms with Gasteiger partial charge in [-0.2, -0.15) is 0 Å². The normalized spacial score (nSPS) is 29.1. The van der Waals surface area contributed by atoms with Crippen LogP contribution in [0.1, 0.15) is 61.8 Å². The van der Waals surface area contributed by atoms with Crippen molar-refractivity contribution in [1.82, 2.24) is 0 Å². The van der Waals surface area contributed by atoms with E-state index in [-0.39, 0.29) is 23.9 Å². The van der Waals surface area contributed by atoms with Crippen LogP contribution in [0.25, 0.3) is 0 Å². The van der Waals surface area contributed by atoms with Crippen LogP contribution in [0.15, 0.2) is 0 Å². The summed E-state index contributed by atoms with van der Waals surface area (Å²) in [7, 11) is -2.03. The van der Waals surface area contributed by atoms with Gasteiger partial charge in [-0.15, -0.1) is 0 Å². The van der Waals surface area contributed by atoms with Crippen LogP contribution >= 0.6 is 0 Å². The fourth-order valence-electron chi connectivity index (χ4n) is 4.83. The predicted molar refractivity (Wildman–Crippen MR) is 94.9 cm³/mol. The lowest BCUT2D eigenvalue weighted by atomic mass is 9.84. The fourth-order valence-corrected chi connectivity index (χ4v) is 10.3. The molecule has 0 spiro atoms. The third-order valence-corrected chi connectivity index (χ3v) is 11.9. The van der Waals surface area contributed by atoms with Gasteiger partial charge in [-0.25, -0.2) is 0 Å². The molecule has 1 aliphatic rings. The van der Waals surface area contributed by atoms with Crippen molar-refractivity contribution >= 4 is 19.9 Å². The zero-order chi connectivity index (χ0) is 18.2. The van der Waals surface area contributed by atoms with Crippen molar-refractivity contribution in [3.05, 3.63) is 0 Å². The molecule has 3 atom stereocenters. The molecule has 0 heterocycles. The highest BCUT2D eigenvalue weighted by molar-refractivity contribution is 6.77. The van der Waals surface area contributed by atoms with Crippen LogP contribution in [0.2, 0.25) is 16.6 Å². The maximum atomic E-state index is 12.1. The van der Waals surface area contributed by atoms with E-state index in [0.29, 0.717) is 23.2 Å². The summed E-state index contributed by atoms with van der Waals surface area (Å²) in [4.78, 5) is 24.1. The molecule has 1 saturated carbocycles. The van der Waals surface area contributed by atoms with E-state index in [4.69, 9.17) is 4.43 Å². The van der Waals surface area contributed by atoms with Gasteiger partial charge < -0.3 is 9.53 Å². The topological polar surface area (TPSA) is 63.6 Å². The van der Waals surface area contributed by atoms with E-state index in [1.807, 2.05) is 0 Å². The Morgan fingerprint density at radius 1 is 1.22 bits per heavy atom. The number of carbonyl (C=O) groups is 2. The number of ketones is 2. The molecule has 0 aromatic heterocycles. The predicted octanol–water partition coefficient (Wildman–Crippen LogP) is 3.72. The highest BCUT2D eigenvalue weighted by Gasteiger charge is 2.54. The molecule has 0 aromatic rings. The molecule has 4 nitrogen and oxygen atoms in total. The number of hydrogen-bond acceptors (Lipinski definition) is 4. The molecule has 1 rings (SSSR count). The van der Waals surface area contributed by atoms with Gasteiger partial charge in [0.1, 0.15) is 11.4 Å². The van der Waals surface area contributed by atoms with Crippen LogP contribution < -0.4 is 0 Å². The molecular weight excluding hydrogens is 308 g/mol. The lowest BCUT2D eigenvalue weighted by Crippen LogP contribution is -2.49. The van der Waals surface area contributed by atoms with Gasteiger partial charge in [0.2, 0.25) is 0 Å². The third kappa shape index (κ3) is 3.61. The van der Waals surface area contributed by atoms with Crippen LogP contribution in [0.5, 0.6) is 0 Å². The molecule has 1 N–H and O–H groups in total. The Morgan fingerprint density at radius 2 is 1.65 bits per heavy atom. The van der Waals surface area contributed by atoms with Crippen molar-refractivity contribution in [2.75, 3.05) is 6.61 Å². The molecule has 1 fully saturated rings. The number of rotatable bonds is 7. The molecule has 0 saturated heterocycles. The lowest BCUT2D eigenvalue weighted by molar-refractivity contribution is -0.141. The third-order valence-electron chi connectivity index (χ3n) is 5.78. The highest BCUT2D eigenvalue weighted by Crippen LogP contribution is 2.44. The second-order valence-electron chi connectivity index (χ2n) is 8.25. The van der Waals surface area contributed by atoms with E-state index >= 15 is 0 Å². The van der Waals surface area contributed by atoms with Gasteiger partial charge in [-0.05, 0) is 30.5 Å². The van der Waals surface area contributed by atoms with E-state index in [0.717, 1.165) is 0 Å². The van der Waals surface area contributed by atoms with Gasteiger partial charge in [-0.3, -0.25) is 9.59 Å². The number of carbonyl (C=O) groups excluding carboxylic acids is 2. The molecule has 0 unspecified atom stereocenters. The van der Waals surface area contributed by atoms with Crippen molar-refractivity contribution < 1.29 is 19.1 Å².